The number of amides is 1. The van der Waals surface area contributed by atoms with Gasteiger partial charge in [-0.3, -0.25) is 9.78 Å². The predicted octanol–water partition coefficient (Wildman–Crippen LogP) is 4.65. The third-order valence-corrected chi connectivity index (χ3v) is 4.53. The van der Waals surface area contributed by atoms with E-state index in [-0.39, 0.29) is 5.91 Å². The number of carbonyl (C=O) groups excluding carboxylic acids is 1. The molecule has 5 heteroatoms. The van der Waals surface area contributed by atoms with Crippen LogP contribution in [-0.2, 0) is 17.8 Å². The molecule has 0 unspecified atom stereocenters. The van der Waals surface area contributed by atoms with E-state index in [1.165, 1.54) is 0 Å². The number of benzene rings is 2. The Bertz CT molecular complexity index is 1000. The number of rotatable bonds is 7. The highest BCUT2D eigenvalue weighted by Gasteiger charge is 2.17. The fraction of sp³-hybridized carbons (Fsp3) is 0.125. The normalized spacial score (nSPS) is 10.6. The Morgan fingerprint density at radius 2 is 1.62 bits per heavy atom. The minimum absolute atomic E-state index is 0.0467. The monoisotopic (exact) mass is 383 g/mol. The SMILES string of the molecule is O=C(CCc1nc(-c2ccccc2)c(-c2ccccc2)o1)NCc1cccnc1. The van der Waals surface area contributed by atoms with Crippen molar-refractivity contribution < 1.29 is 9.21 Å². The standard InChI is InChI=1S/C24H21N3O2/c28-21(26-17-18-8-7-15-25-16-18)13-14-22-27-23(19-9-3-1-4-10-19)24(29-22)20-11-5-2-6-12-20/h1-12,15-16H,13-14,17H2,(H,26,28). The van der Waals surface area contributed by atoms with Gasteiger partial charge in [-0.25, -0.2) is 4.98 Å². The summed E-state index contributed by atoms with van der Waals surface area (Å²) in [7, 11) is 0. The molecule has 0 fully saturated rings. The molecule has 1 amide bonds. The molecule has 2 aromatic carbocycles. The van der Waals surface area contributed by atoms with Crippen molar-refractivity contribution >= 4 is 5.91 Å². The van der Waals surface area contributed by atoms with Crippen molar-refractivity contribution in [2.75, 3.05) is 0 Å². The molecule has 1 N–H and O–H groups in total. The molecule has 4 rings (SSSR count). The molecule has 4 aromatic rings. The van der Waals surface area contributed by atoms with Crippen molar-refractivity contribution in [2.24, 2.45) is 0 Å². The molecule has 0 aliphatic heterocycles. The largest absolute Gasteiger partial charge is 0.440 e. The third kappa shape index (κ3) is 4.76. The lowest BCUT2D eigenvalue weighted by Gasteiger charge is -2.03. The maximum absolute atomic E-state index is 12.2. The van der Waals surface area contributed by atoms with Crippen LogP contribution in [0.25, 0.3) is 22.6 Å². The Morgan fingerprint density at radius 1 is 0.897 bits per heavy atom. The average molecular weight is 383 g/mol. The second kappa shape index (κ2) is 8.97. The van der Waals surface area contributed by atoms with Gasteiger partial charge in [0.15, 0.2) is 11.7 Å². The van der Waals surface area contributed by atoms with Crippen molar-refractivity contribution in [3.05, 3.63) is 96.6 Å². The highest BCUT2D eigenvalue weighted by Crippen LogP contribution is 2.32. The molecule has 2 aromatic heterocycles. The predicted molar refractivity (Wildman–Crippen MR) is 112 cm³/mol. The Labute approximate surface area is 169 Å². The van der Waals surface area contributed by atoms with E-state index in [9.17, 15) is 4.79 Å². The Balaban J connectivity index is 1.48. The lowest BCUT2D eigenvalue weighted by atomic mass is 10.1. The number of aryl methyl sites for hydroxylation is 1. The molecule has 0 aliphatic carbocycles. The van der Waals surface area contributed by atoms with Crippen LogP contribution in [0.15, 0.2) is 89.6 Å². The minimum atomic E-state index is -0.0467. The van der Waals surface area contributed by atoms with Crippen molar-refractivity contribution in [3.63, 3.8) is 0 Å². The van der Waals surface area contributed by atoms with Crippen LogP contribution in [0.3, 0.4) is 0 Å². The minimum Gasteiger partial charge on any atom is -0.440 e. The summed E-state index contributed by atoms with van der Waals surface area (Å²) in [6.07, 6.45) is 4.20. The van der Waals surface area contributed by atoms with Gasteiger partial charge in [-0.05, 0) is 11.6 Å². The first-order valence-electron chi connectivity index (χ1n) is 9.56. The number of nitrogens with one attached hydrogen (secondary N) is 1. The van der Waals surface area contributed by atoms with Gasteiger partial charge in [0.05, 0.1) is 0 Å². The summed E-state index contributed by atoms with van der Waals surface area (Å²) in [6, 6.07) is 23.6. The number of aromatic nitrogens is 2. The highest BCUT2D eigenvalue weighted by molar-refractivity contribution is 5.77. The Morgan fingerprint density at radius 3 is 2.31 bits per heavy atom. The third-order valence-electron chi connectivity index (χ3n) is 4.53. The summed E-state index contributed by atoms with van der Waals surface area (Å²) >= 11 is 0. The van der Waals surface area contributed by atoms with Gasteiger partial charge < -0.3 is 9.73 Å². The zero-order valence-corrected chi connectivity index (χ0v) is 15.9. The highest BCUT2D eigenvalue weighted by atomic mass is 16.4. The van der Waals surface area contributed by atoms with E-state index in [1.807, 2.05) is 72.8 Å². The quantitative estimate of drug-likeness (QED) is 0.504. The molecular formula is C24H21N3O2. The molecule has 0 saturated carbocycles. The van der Waals surface area contributed by atoms with E-state index < -0.39 is 0 Å². The van der Waals surface area contributed by atoms with E-state index in [0.717, 1.165) is 28.1 Å². The molecule has 0 radical (unpaired) electrons. The summed E-state index contributed by atoms with van der Waals surface area (Å²) in [5.74, 6) is 1.23. The van der Waals surface area contributed by atoms with Crippen LogP contribution in [0.1, 0.15) is 17.9 Å². The summed E-state index contributed by atoms with van der Waals surface area (Å²) in [5, 5.41) is 2.91. The molecule has 0 bridgehead atoms. The zero-order valence-electron chi connectivity index (χ0n) is 15.9. The Hall–Kier alpha value is -3.73. The lowest BCUT2D eigenvalue weighted by Crippen LogP contribution is -2.23. The summed E-state index contributed by atoms with van der Waals surface area (Å²) in [6.45, 7) is 0.461. The van der Waals surface area contributed by atoms with E-state index >= 15 is 0 Å². The van der Waals surface area contributed by atoms with Gasteiger partial charge in [-0.2, -0.15) is 0 Å². The lowest BCUT2D eigenvalue weighted by molar-refractivity contribution is -0.121. The van der Waals surface area contributed by atoms with Gasteiger partial charge in [0.2, 0.25) is 5.91 Å². The van der Waals surface area contributed by atoms with Crippen LogP contribution in [0, 0.1) is 0 Å². The van der Waals surface area contributed by atoms with Gasteiger partial charge in [0.1, 0.15) is 5.69 Å². The van der Waals surface area contributed by atoms with Crippen LogP contribution < -0.4 is 5.32 Å². The van der Waals surface area contributed by atoms with Gasteiger partial charge in [-0.15, -0.1) is 0 Å². The smallest absolute Gasteiger partial charge is 0.220 e. The van der Waals surface area contributed by atoms with Crippen molar-refractivity contribution in [3.8, 4) is 22.6 Å². The summed E-state index contributed by atoms with van der Waals surface area (Å²) in [4.78, 5) is 21.0. The molecule has 5 nitrogen and oxygen atoms in total. The van der Waals surface area contributed by atoms with Gasteiger partial charge in [0.25, 0.3) is 0 Å². The first-order valence-corrected chi connectivity index (χ1v) is 9.56. The molecule has 0 spiro atoms. The summed E-state index contributed by atoms with van der Waals surface area (Å²) in [5.41, 5.74) is 3.71. The first kappa shape index (κ1) is 18.6. The maximum atomic E-state index is 12.2. The van der Waals surface area contributed by atoms with Crippen molar-refractivity contribution in [2.45, 2.75) is 19.4 Å². The maximum Gasteiger partial charge on any atom is 0.220 e. The molecule has 144 valence electrons. The van der Waals surface area contributed by atoms with E-state index in [1.54, 1.807) is 12.4 Å². The van der Waals surface area contributed by atoms with E-state index in [0.29, 0.717) is 25.3 Å². The number of pyridine rings is 1. The topological polar surface area (TPSA) is 68.0 Å². The number of hydrogen-bond donors (Lipinski definition) is 1. The molecule has 2 heterocycles. The zero-order chi connectivity index (χ0) is 19.9. The summed E-state index contributed by atoms with van der Waals surface area (Å²) < 4.78 is 6.07. The van der Waals surface area contributed by atoms with Gasteiger partial charge in [0, 0.05) is 42.9 Å². The van der Waals surface area contributed by atoms with Crippen LogP contribution in [-0.4, -0.2) is 15.9 Å². The van der Waals surface area contributed by atoms with Crippen LogP contribution >= 0.6 is 0 Å². The van der Waals surface area contributed by atoms with Crippen LogP contribution in [0.5, 0.6) is 0 Å². The molecule has 0 atom stereocenters. The Kier molecular flexibility index (Phi) is 5.76. The fourth-order valence-corrected chi connectivity index (χ4v) is 3.06. The number of carbonyl (C=O) groups is 1. The first-order chi connectivity index (χ1) is 14.3. The van der Waals surface area contributed by atoms with Crippen molar-refractivity contribution in [1.29, 1.82) is 0 Å². The average Bonchev–Trinajstić information content (AvgIpc) is 3.23. The second-order valence-electron chi connectivity index (χ2n) is 6.66. The van der Waals surface area contributed by atoms with Crippen molar-refractivity contribution in [1.82, 2.24) is 15.3 Å². The second-order valence-corrected chi connectivity index (χ2v) is 6.66. The number of nitrogens with zero attached hydrogens (tertiary/aromatic N) is 2. The molecule has 0 aliphatic rings. The van der Waals surface area contributed by atoms with E-state index in [2.05, 4.69) is 10.3 Å². The molecular weight excluding hydrogens is 362 g/mol. The fourth-order valence-electron chi connectivity index (χ4n) is 3.06. The number of oxazole rings is 1. The van der Waals surface area contributed by atoms with Crippen LogP contribution in [0.2, 0.25) is 0 Å². The van der Waals surface area contributed by atoms with Crippen LogP contribution in [0.4, 0.5) is 0 Å². The van der Waals surface area contributed by atoms with Gasteiger partial charge in [-0.1, -0.05) is 66.7 Å². The molecule has 29 heavy (non-hydrogen) atoms. The van der Waals surface area contributed by atoms with E-state index in [4.69, 9.17) is 9.40 Å². The molecule has 0 saturated heterocycles. The number of hydrogen-bond acceptors (Lipinski definition) is 4. The van der Waals surface area contributed by atoms with Gasteiger partial charge >= 0.3 is 0 Å².